The Balaban J connectivity index is 2.79. The third kappa shape index (κ3) is 2.87. The summed E-state index contributed by atoms with van der Waals surface area (Å²) in [6.07, 6.45) is 0. The molecule has 0 amide bonds. The van der Waals surface area contributed by atoms with Crippen molar-refractivity contribution in [1.29, 1.82) is 0 Å². The molecule has 0 fully saturated rings. The van der Waals surface area contributed by atoms with Crippen LogP contribution in [0.2, 0.25) is 0 Å². The highest BCUT2D eigenvalue weighted by Gasteiger charge is 2.06. The number of ether oxygens (including phenoxy) is 1. The van der Waals surface area contributed by atoms with Gasteiger partial charge in [-0.3, -0.25) is 4.79 Å². The lowest BCUT2D eigenvalue weighted by Crippen LogP contribution is -2.02. The van der Waals surface area contributed by atoms with Gasteiger partial charge in [0.1, 0.15) is 6.61 Å². The molecule has 0 N–H and O–H groups in total. The molecule has 2 heteroatoms. The highest BCUT2D eigenvalue weighted by atomic mass is 16.5. The minimum atomic E-state index is -0.233. The average molecular weight is 192 g/mol. The minimum Gasteiger partial charge on any atom is -0.461 e. The van der Waals surface area contributed by atoms with Crippen molar-refractivity contribution in [1.82, 2.24) is 0 Å². The quantitative estimate of drug-likeness (QED) is 0.688. The Bertz CT molecular complexity index is 316. The largest absolute Gasteiger partial charge is 0.461 e. The Hall–Kier alpha value is -1.31. The Morgan fingerprint density at radius 1 is 1.36 bits per heavy atom. The van der Waals surface area contributed by atoms with Gasteiger partial charge in [0.15, 0.2) is 0 Å². The minimum absolute atomic E-state index is 0.233. The third-order valence-corrected chi connectivity index (χ3v) is 2.11. The summed E-state index contributed by atoms with van der Waals surface area (Å²) < 4.78 is 4.98. The van der Waals surface area contributed by atoms with Gasteiger partial charge in [-0.2, -0.15) is 0 Å². The summed E-state index contributed by atoms with van der Waals surface area (Å²) in [4.78, 5) is 10.7. The van der Waals surface area contributed by atoms with Crippen molar-refractivity contribution < 1.29 is 9.53 Å². The molecule has 0 spiro atoms. The van der Waals surface area contributed by atoms with E-state index >= 15 is 0 Å². The lowest BCUT2D eigenvalue weighted by Gasteiger charge is -2.11. The molecule has 0 atom stereocenters. The average Bonchev–Trinajstić information content (AvgIpc) is 2.15. The molecule has 0 radical (unpaired) electrons. The van der Waals surface area contributed by atoms with Crippen molar-refractivity contribution in [2.24, 2.45) is 0 Å². The van der Waals surface area contributed by atoms with Crippen molar-refractivity contribution in [3.63, 3.8) is 0 Å². The molecule has 0 aromatic heterocycles. The monoisotopic (exact) mass is 192 g/mol. The van der Waals surface area contributed by atoms with Crippen LogP contribution in [0, 0.1) is 0 Å². The van der Waals surface area contributed by atoms with Crippen LogP contribution in [-0.4, -0.2) is 5.97 Å². The number of hydrogen-bond acceptors (Lipinski definition) is 2. The Labute approximate surface area is 84.9 Å². The number of esters is 1. The van der Waals surface area contributed by atoms with E-state index in [1.165, 1.54) is 12.5 Å². The van der Waals surface area contributed by atoms with Gasteiger partial charge in [-0.15, -0.1) is 0 Å². The van der Waals surface area contributed by atoms with Crippen molar-refractivity contribution in [3.05, 3.63) is 35.4 Å². The van der Waals surface area contributed by atoms with E-state index in [1.807, 2.05) is 18.2 Å². The van der Waals surface area contributed by atoms with Gasteiger partial charge in [0.25, 0.3) is 0 Å². The molecular formula is C12H16O2. The van der Waals surface area contributed by atoms with Crippen LogP contribution in [0.3, 0.4) is 0 Å². The predicted octanol–water partition coefficient (Wildman–Crippen LogP) is 2.87. The highest BCUT2D eigenvalue weighted by molar-refractivity contribution is 5.65. The second-order valence-corrected chi connectivity index (χ2v) is 3.63. The zero-order chi connectivity index (χ0) is 10.6. The van der Waals surface area contributed by atoms with Crippen molar-refractivity contribution in [2.45, 2.75) is 33.3 Å². The summed E-state index contributed by atoms with van der Waals surface area (Å²) in [5, 5.41) is 0. The fraction of sp³-hybridized carbons (Fsp3) is 0.417. The molecule has 0 saturated heterocycles. The number of carbonyl (C=O) groups excluding carboxylic acids is 1. The van der Waals surface area contributed by atoms with E-state index in [-0.39, 0.29) is 5.97 Å². The van der Waals surface area contributed by atoms with Crippen LogP contribution in [0.15, 0.2) is 24.3 Å². The number of rotatable bonds is 3. The normalized spacial score (nSPS) is 10.3. The third-order valence-electron chi connectivity index (χ3n) is 2.11. The zero-order valence-corrected chi connectivity index (χ0v) is 8.91. The van der Waals surface area contributed by atoms with Crippen LogP contribution in [0.1, 0.15) is 37.8 Å². The molecule has 0 aliphatic carbocycles. The van der Waals surface area contributed by atoms with Crippen LogP contribution in [0.5, 0.6) is 0 Å². The van der Waals surface area contributed by atoms with E-state index in [2.05, 4.69) is 19.9 Å². The van der Waals surface area contributed by atoms with Crippen LogP contribution in [-0.2, 0) is 16.1 Å². The maximum absolute atomic E-state index is 10.7. The highest BCUT2D eigenvalue weighted by Crippen LogP contribution is 2.19. The lowest BCUT2D eigenvalue weighted by atomic mass is 9.98. The summed E-state index contributed by atoms with van der Waals surface area (Å²) in [5.74, 6) is 0.227. The second kappa shape index (κ2) is 4.80. The van der Waals surface area contributed by atoms with Crippen LogP contribution >= 0.6 is 0 Å². The van der Waals surface area contributed by atoms with Gasteiger partial charge >= 0.3 is 5.97 Å². The number of carbonyl (C=O) groups is 1. The standard InChI is InChI=1S/C12H16O2/c1-9(2)12-7-5-4-6-11(12)8-14-10(3)13/h4-7,9H,8H2,1-3H3. The first kappa shape index (κ1) is 10.8. The Kier molecular flexibility index (Phi) is 3.69. The van der Waals surface area contributed by atoms with Crippen molar-refractivity contribution >= 4 is 5.97 Å². The second-order valence-electron chi connectivity index (χ2n) is 3.63. The molecule has 0 aliphatic rings. The lowest BCUT2D eigenvalue weighted by molar-refractivity contribution is -0.142. The molecule has 0 unspecified atom stereocenters. The molecule has 0 saturated carbocycles. The molecule has 1 rings (SSSR count). The molecule has 1 aromatic rings. The fourth-order valence-corrected chi connectivity index (χ4v) is 1.41. The Morgan fingerprint density at radius 2 is 2.00 bits per heavy atom. The number of hydrogen-bond donors (Lipinski definition) is 0. The van der Waals surface area contributed by atoms with Crippen LogP contribution < -0.4 is 0 Å². The van der Waals surface area contributed by atoms with E-state index < -0.39 is 0 Å². The number of benzene rings is 1. The van der Waals surface area contributed by atoms with Gasteiger partial charge in [0.05, 0.1) is 0 Å². The molecule has 14 heavy (non-hydrogen) atoms. The first-order valence-corrected chi connectivity index (χ1v) is 4.82. The predicted molar refractivity (Wildman–Crippen MR) is 56.0 cm³/mol. The molecule has 0 bridgehead atoms. The van der Waals surface area contributed by atoms with Gasteiger partial charge in [0.2, 0.25) is 0 Å². The van der Waals surface area contributed by atoms with Gasteiger partial charge in [-0.05, 0) is 17.0 Å². The summed E-state index contributed by atoms with van der Waals surface area (Å²) in [6, 6.07) is 8.04. The molecule has 1 aromatic carbocycles. The van der Waals surface area contributed by atoms with E-state index in [0.29, 0.717) is 12.5 Å². The van der Waals surface area contributed by atoms with Gasteiger partial charge in [0, 0.05) is 6.92 Å². The molecular weight excluding hydrogens is 176 g/mol. The topological polar surface area (TPSA) is 26.3 Å². The molecule has 76 valence electrons. The molecule has 0 aliphatic heterocycles. The summed E-state index contributed by atoms with van der Waals surface area (Å²) >= 11 is 0. The maximum Gasteiger partial charge on any atom is 0.302 e. The van der Waals surface area contributed by atoms with Crippen molar-refractivity contribution in [3.8, 4) is 0 Å². The summed E-state index contributed by atoms with van der Waals surface area (Å²) in [7, 11) is 0. The van der Waals surface area contributed by atoms with E-state index in [4.69, 9.17) is 4.74 Å². The van der Waals surface area contributed by atoms with E-state index in [0.717, 1.165) is 5.56 Å². The fourth-order valence-electron chi connectivity index (χ4n) is 1.41. The molecule has 0 heterocycles. The van der Waals surface area contributed by atoms with E-state index in [1.54, 1.807) is 0 Å². The Morgan fingerprint density at radius 3 is 2.57 bits per heavy atom. The SMILES string of the molecule is CC(=O)OCc1ccccc1C(C)C. The van der Waals surface area contributed by atoms with Crippen LogP contribution in [0.25, 0.3) is 0 Å². The van der Waals surface area contributed by atoms with E-state index in [9.17, 15) is 4.79 Å². The smallest absolute Gasteiger partial charge is 0.302 e. The summed E-state index contributed by atoms with van der Waals surface area (Å²) in [6.45, 7) is 6.07. The summed E-state index contributed by atoms with van der Waals surface area (Å²) in [5.41, 5.74) is 2.34. The maximum atomic E-state index is 10.7. The van der Waals surface area contributed by atoms with Gasteiger partial charge in [-0.25, -0.2) is 0 Å². The first-order valence-electron chi connectivity index (χ1n) is 4.82. The zero-order valence-electron chi connectivity index (χ0n) is 8.91. The van der Waals surface area contributed by atoms with Gasteiger partial charge < -0.3 is 4.74 Å². The van der Waals surface area contributed by atoms with Crippen molar-refractivity contribution in [2.75, 3.05) is 0 Å². The first-order chi connectivity index (χ1) is 6.61. The molecule has 2 nitrogen and oxygen atoms in total. The van der Waals surface area contributed by atoms with Gasteiger partial charge in [-0.1, -0.05) is 38.1 Å². The van der Waals surface area contributed by atoms with Crippen LogP contribution in [0.4, 0.5) is 0 Å².